The number of nitriles is 1. The van der Waals surface area contributed by atoms with Crippen molar-refractivity contribution in [2.75, 3.05) is 0 Å². The third-order valence-corrected chi connectivity index (χ3v) is 2.08. The van der Waals surface area contributed by atoms with Crippen molar-refractivity contribution in [2.24, 2.45) is 0 Å². The molecule has 0 saturated heterocycles. The number of hydrogen-bond acceptors (Lipinski definition) is 3. The summed E-state index contributed by atoms with van der Waals surface area (Å²) in [5, 5.41) is 18.1. The van der Waals surface area contributed by atoms with Gasteiger partial charge in [0, 0.05) is 0 Å². The molecule has 0 aromatic heterocycles. The predicted octanol–water partition coefficient (Wildman–Crippen LogP) is 3.06. The molecular weight excluding hydrogens is 202 g/mol. The molecule has 2 rings (SSSR count). The van der Waals surface area contributed by atoms with Crippen molar-refractivity contribution in [3.8, 4) is 23.3 Å². The number of aromatic hydroxyl groups is 1. The fourth-order valence-corrected chi connectivity index (χ4v) is 1.27. The predicted molar refractivity (Wildman–Crippen MR) is 59.3 cm³/mol. The highest BCUT2D eigenvalue weighted by Gasteiger charge is 2.01. The molecule has 3 nitrogen and oxygen atoms in total. The van der Waals surface area contributed by atoms with Crippen LogP contribution in [0.2, 0.25) is 0 Å². The Bertz CT molecular complexity index is 526. The van der Waals surface area contributed by atoms with Crippen LogP contribution in [0.3, 0.4) is 0 Å². The van der Waals surface area contributed by atoms with Crippen molar-refractivity contribution >= 4 is 0 Å². The molecule has 0 bridgehead atoms. The molecule has 0 amide bonds. The maximum absolute atomic E-state index is 9.50. The third-order valence-electron chi connectivity index (χ3n) is 2.08. The summed E-state index contributed by atoms with van der Waals surface area (Å²) < 4.78 is 5.45. The molecule has 1 N–H and O–H groups in total. The van der Waals surface area contributed by atoms with E-state index in [1.165, 1.54) is 0 Å². The van der Waals surface area contributed by atoms with Crippen LogP contribution in [0, 0.1) is 11.3 Å². The maximum atomic E-state index is 9.50. The molecular formula is C13H9NO2. The van der Waals surface area contributed by atoms with Crippen molar-refractivity contribution in [1.82, 2.24) is 0 Å². The van der Waals surface area contributed by atoms with Gasteiger partial charge in [0.15, 0.2) is 11.5 Å². The summed E-state index contributed by atoms with van der Waals surface area (Å²) in [5.41, 5.74) is 0.574. The van der Waals surface area contributed by atoms with Gasteiger partial charge in [-0.3, -0.25) is 0 Å². The lowest BCUT2D eigenvalue weighted by molar-refractivity contribution is 0.411. The Hall–Kier alpha value is -2.47. The minimum absolute atomic E-state index is 0.0897. The summed E-state index contributed by atoms with van der Waals surface area (Å²) in [6.45, 7) is 0. The van der Waals surface area contributed by atoms with E-state index in [2.05, 4.69) is 0 Å². The van der Waals surface area contributed by atoms with Gasteiger partial charge in [-0.1, -0.05) is 12.1 Å². The van der Waals surface area contributed by atoms with Gasteiger partial charge in [0.1, 0.15) is 5.75 Å². The average molecular weight is 211 g/mol. The van der Waals surface area contributed by atoms with Crippen molar-refractivity contribution in [1.29, 1.82) is 5.26 Å². The number of hydrogen-bond donors (Lipinski definition) is 1. The molecule has 2 aromatic rings. The lowest BCUT2D eigenvalue weighted by Gasteiger charge is -2.06. The van der Waals surface area contributed by atoms with E-state index in [9.17, 15) is 5.11 Å². The second kappa shape index (κ2) is 4.37. The van der Waals surface area contributed by atoms with E-state index in [4.69, 9.17) is 10.00 Å². The van der Waals surface area contributed by atoms with E-state index in [0.717, 1.165) is 0 Å². The fraction of sp³-hybridized carbons (Fsp3) is 0. The summed E-state index contributed by atoms with van der Waals surface area (Å²) in [6, 6.07) is 15.4. The molecule has 16 heavy (non-hydrogen) atoms. The number of phenols is 1. The molecule has 0 atom stereocenters. The number of nitrogens with zero attached hydrogens (tertiary/aromatic N) is 1. The van der Waals surface area contributed by atoms with E-state index >= 15 is 0 Å². The molecule has 0 aliphatic heterocycles. The summed E-state index contributed by atoms with van der Waals surface area (Å²) in [7, 11) is 0. The molecule has 0 heterocycles. The van der Waals surface area contributed by atoms with Crippen LogP contribution in [-0.2, 0) is 0 Å². The third kappa shape index (κ3) is 2.12. The van der Waals surface area contributed by atoms with Crippen LogP contribution in [0.25, 0.3) is 0 Å². The van der Waals surface area contributed by atoms with Gasteiger partial charge in [0.05, 0.1) is 11.6 Å². The van der Waals surface area contributed by atoms with Gasteiger partial charge in [-0.25, -0.2) is 0 Å². The quantitative estimate of drug-likeness (QED) is 0.830. The molecule has 0 unspecified atom stereocenters. The van der Waals surface area contributed by atoms with Gasteiger partial charge in [-0.2, -0.15) is 5.26 Å². The first kappa shape index (κ1) is 10.1. The minimum Gasteiger partial charge on any atom is -0.504 e. The Morgan fingerprint density at radius 1 is 1.00 bits per heavy atom. The number of ether oxygens (including phenoxy) is 1. The molecule has 0 aliphatic carbocycles. The van der Waals surface area contributed by atoms with Gasteiger partial charge < -0.3 is 9.84 Å². The van der Waals surface area contributed by atoms with Crippen LogP contribution in [0.5, 0.6) is 17.2 Å². The summed E-state index contributed by atoms with van der Waals surface area (Å²) in [4.78, 5) is 0. The zero-order valence-electron chi connectivity index (χ0n) is 8.42. The Balaban J connectivity index is 2.22. The second-order valence-corrected chi connectivity index (χ2v) is 3.21. The molecule has 78 valence electrons. The number of phenolic OH excluding ortho intramolecular Hbond substituents is 1. The largest absolute Gasteiger partial charge is 0.504 e. The molecule has 3 heteroatoms. The van der Waals surface area contributed by atoms with Crippen molar-refractivity contribution in [2.45, 2.75) is 0 Å². The van der Waals surface area contributed by atoms with Crippen LogP contribution >= 0.6 is 0 Å². The first-order valence-electron chi connectivity index (χ1n) is 4.75. The maximum Gasteiger partial charge on any atom is 0.169 e. The smallest absolute Gasteiger partial charge is 0.169 e. The van der Waals surface area contributed by atoms with Crippen LogP contribution in [-0.4, -0.2) is 5.11 Å². The Morgan fingerprint density at radius 2 is 1.69 bits per heavy atom. The highest BCUT2D eigenvalue weighted by Crippen LogP contribution is 2.29. The van der Waals surface area contributed by atoms with Crippen LogP contribution in [0.4, 0.5) is 0 Å². The normalized spacial score (nSPS) is 9.44. The van der Waals surface area contributed by atoms with E-state index in [0.29, 0.717) is 17.1 Å². The van der Waals surface area contributed by atoms with Crippen LogP contribution < -0.4 is 4.74 Å². The minimum atomic E-state index is 0.0897. The number of rotatable bonds is 2. The monoisotopic (exact) mass is 211 g/mol. The Labute approximate surface area is 93.2 Å². The SMILES string of the molecule is N#Cc1ccc(Oc2ccccc2O)cc1. The Kier molecular flexibility index (Phi) is 2.75. The summed E-state index contributed by atoms with van der Waals surface area (Å²) in [6.07, 6.45) is 0. The van der Waals surface area contributed by atoms with Crippen LogP contribution in [0.15, 0.2) is 48.5 Å². The van der Waals surface area contributed by atoms with Crippen molar-refractivity contribution in [3.05, 3.63) is 54.1 Å². The van der Waals surface area contributed by atoms with E-state index in [1.54, 1.807) is 48.5 Å². The number of para-hydroxylation sites is 2. The van der Waals surface area contributed by atoms with E-state index in [1.807, 2.05) is 6.07 Å². The summed E-state index contributed by atoms with van der Waals surface area (Å²) in [5.74, 6) is 1.07. The molecule has 0 fully saturated rings. The van der Waals surface area contributed by atoms with Gasteiger partial charge in [-0.05, 0) is 36.4 Å². The zero-order valence-corrected chi connectivity index (χ0v) is 8.42. The average Bonchev–Trinajstić information content (AvgIpc) is 2.33. The second-order valence-electron chi connectivity index (χ2n) is 3.21. The topological polar surface area (TPSA) is 53.2 Å². The van der Waals surface area contributed by atoms with Crippen molar-refractivity contribution < 1.29 is 9.84 Å². The highest BCUT2D eigenvalue weighted by molar-refractivity contribution is 5.42. The van der Waals surface area contributed by atoms with Gasteiger partial charge in [0.25, 0.3) is 0 Å². The Morgan fingerprint density at radius 3 is 2.31 bits per heavy atom. The molecule has 0 saturated carbocycles. The highest BCUT2D eigenvalue weighted by atomic mass is 16.5. The molecule has 2 aromatic carbocycles. The van der Waals surface area contributed by atoms with Gasteiger partial charge in [-0.15, -0.1) is 0 Å². The lowest BCUT2D eigenvalue weighted by Crippen LogP contribution is -1.84. The fourth-order valence-electron chi connectivity index (χ4n) is 1.27. The van der Waals surface area contributed by atoms with Crippen LogP contribution in [0.1, 0.15) is 5.56 Å². The van der Waals surface area contributed by atoms with Crippen molar-refractivity contribution in [3.63, 3.8) is 0 Å². The lowest BCUT2D eigenvalue weighted by atomic mass is 10.2. The first-order chi connectivity index (χ1) is 7.79. The number of benzene rings is 2. The standard InChI is InChI=1S/C13H9NO2/c14-9-10-5-7-11(8-6-10)16-13-4-2-1-3-12(13)15/h1-8,15H. The summed E-state index contributed by atoms with van der Waals surface area (Å²) >= 11 is 0. The molecule has 0 aliphatic rings. The van der Waals surface area contributed by atoms with Gasteiger partial charge in [0.2, 0.25) is 0 Å². The van der Waals surface area contributed by atoms with E-state index in [-0.39, 0.29) is 5.75 Å². The molecule has 0 spiro atoms. The zero-order chi connectivity index (χ0) is 11.4. The van der Waals surface area contributed by atoms with E-state index < -0.39 is 0 Å². The molecule has 0 radical (unpaired) electrons. The first-order valence-corrected chi connectivity index (χ1v) is 4.75. The van der Waals surface area contributed by atoms with Gasteiger partial charge >= 0.3 is 0 Å².